The summed E-state index contributed by atoms with van der Waals surface area (Å²) >= 11 is 1.66. The van der Waals surface area contributed by atoms with Crippen molar-refractivity contribution in [2.45, 2.75) is 26.8 Å². The Morgan fingerprint density at radius 1 is 1.40 bits per heavy atom. The van der Waals surface area contributed by atoms with Crippen molar-refractivity contribution in [3.63, 3.8) is 0 Å². The van der Waals surface area contributed by atoms with Crippen molar-refractivity contribution in [2.24, 2.45) is 5.92 Å². The van der Waals surface area contributed by atoms with Gasteiger partial charge in [-0.3, -0.25) is 4.79 Å². The first-order valence-electron chi connectivity index (χ1n) is 6.68. The molecule has 0 fully saturated rings. The van der Waals surface area contributed by atoms with Gasteiger partial charge in [0, 0.05) is 27.7 Å². The third-order valence-corrected chi connectivity index (χ3v) is 4.35. The van der Waals surface area contributed by atoms with Crippen molar-refractivity contribution in [2.75, 3.05) is 6.61 Å². The highest BCUT2D eigenvalue weighted by atomic mass is 32.1. The Labute approximate surface area is 122 Å². The second-order valence-corrected chi connectivity index (χ2v) is 6.49. The fourth-order valence-electron chi connectivity index (χ4n) is 2.00. The van der Waals surface area contributed by atoms with Crippen molar-refractivity contribution in [3.8, 4) is 10.4 Å². The zero-order valence-corrected chi connectivity index (χ0v) is 12.8. The van der Waals surface area contributed by atoms with Crippen LogP contribution in [-0.4, -0.2) is 28.6 Å². The highest BCUT2D eigenvalue weighted by Gasteiger charge is 2.20. The SMILES string of the molecule is Cc1ccc(-c2c[nH]cc2C(=O)N[C@H](CO)C(C)C)s1. The summed E-state index contributed by atoms with van der Waals surface area (Å²) in [6.07, 6.45) is 3.54. The van der Waals surface area contributed by atoms with Crippen molar-refractivity contribution in [1.82, 2.24) is 10.3 Å². The lowest BCUT2D eigenvalue weighted by Gasteiger charge is -2.19. The summed E-state index contributed by atoms with van der Waals surface area (Å²) in [7, 11) is 0. The van der Waals surface area contributed by atoms with Gasteiger partial charge in [0.2, 0.25) is 0 Å². The minimum absolute atomic E-state index is 0.0543. The second-order valence-electron chi connectivity index (χ2n) is 5.20. The molecule has 0 aromatic carbocycles. The average molecular weight is 292 g/mol. The summed E-state index contributed by atoms with van der Waals surface area (Å²) < 4.78 is 0. The first-order chi connectivity index (χ1) is 9.52. The van der Waals surface area contributed by atoms with Gasteiger partial charge >= 0.3 is 0 Å². The number of carbonyl (C=O) groups is 1. The van der Waals surface area contributed by atoms with E-state index in [0.717, 1.165) is 10.4 Å². The number of rotatable bonds is 5. The van der Waals surface area contributed by atoms with Gasteiger partial charge in [0.05, 0.1) is 18.2 Å². The fraction of sp³-hybridized carbons (Fsp3) is 0.400. The van der Waals surface area contributed by atoms with Crippen LogP contribution < -0.4 is 5.32 Å². The summed E-state index contributed by atoms with van der Waals surface area (Å²) in [5.41, 5.74) is 1.52. The minimum Gasteiger partial charge on any atom is -0.394 e. The van der Waals surface area contributed by atoms with Crippen LogP contribution in [0.25, 0.3) is 10.4 Å². The van der Waals surface area contributed by atoms with E-state index in [0.29, 0.717) is 5.56 Å². The molecule has 0 aliphatic heterocycles. The molecular weight excluding hydrogens is 272 g/mol. The molecule has 2 aromatic rings. The Balaban J connectivity index is 2.21. The predicted octanol–water partition coefficient (Wildman–Crippen LogP) is 2.80. The van der Waals surface area contributed by atoms with Crippen molar-refractivity contribution < 1.29 is 9.90 Å². The van der Waals surface area contributed by atoms with Crippen LogP contribution in [0.5, 0.6) is 0 Å². The predicted molar refractivity (Wildman–Crippen MR) is 82.0 cm³/mol. The van der Waals surface area contributed by atoms with Gasteiger partial charge < -0.3 is 15.4 Å². The summed E-state index contributed by atoms with van der Waals surface area (Å²) in [5.74, 6) is 0.0374. The van der Waals surface area contributed by atoms with E-state index in [9.17, 15) is 9.90 Å². The number of carbonyl (C=O) groups excluding carboxylic acids is 1. The van der Waals surface area contributed by atoms with Crippen LogP contribution in [0.1, 0.15) is 29.1 Å². The molecule has 0 saturated carbocycles. The van der Waals surface area contributed by atoms with Crippen LogP contribution in [0.15, 0.2) is 24.5 Å². The first-order valence-corrected chi connectivity index (χ1v) is 7.50. The van der Waals surface area contributed by atoms with E-state index in [1.807, 2.05) is 39.1 Å². The maximum Gasteiger partial charge on any atom is 0.253 e. The smallest absolute Gasteiger partial charge is 0.253 e. The second kappa shape index (κ2) is 6.24. The highest BCUT2D eigenvalue weighted by Crippen LogP contribution is 2.30. The molecule has 0 unspecified atom stereocenters. The number of aliphatic hydroxyl groups is 1. The Kier molecular flexibility index (Phi) is 4.62. The summed E-state index contributed by atoms with van der Waals surface area (Å²) in [5, 5.41) is 12.2. The molecule has 2 aromatic heterocycles. The van der Waals surface area contributed by atoms with Gasteiger partial charge in [0.15, 0.2) is 0 Å². The zero-order valence-electron chi connectivity index (χ0n) is 11.9. The number of hydrogen-bond acceptors (Lipinski definition) is 3. The van der Waals surface area contributed by atoms with Crippen LogP contribution in [0.2, 0.25) is 0 Å². The van der Waals surface area contributed by atoms with Crippen LogP contribution in [0.4, 0.5) is 0 Å². The van der Waals surface area contributed by atoms with Crippen LogP contribution in [-0.2, 0) is 0 Å². The molecule has 0 saturated heterocycles. The first kappa shape index (κ1) is 14.8. The molecule has 0 aliphatic rings. The lowest BCUT2D eigenvalue weighted by molar-refractivity contribution is 0.0897. The van der Waals surface area contributed by atoms with Crippen molar-refractivity contribution in [1.29, 1.82) is 0 Å². The molecule has 108 valence electrons. The van der Waals surface area contributed by atoms with Gasteiger partial charge in [-0.15, -0.1) is 11.3 Å². The largest absolute Gasteiger partial charge is 0.394 e. The van der Waals surface area contributed by atoms with Gasteiger partial charge in [-0.25, -0.2) is 0 Å². The molecule has 1 amide bonds. The van der Waals surface area contributed by atoms with E-state index >= 15 is 0 Å². The van der Waals surface area contributed by atoms with Crippen molar-refractivity contribution in [3.05, 3.63) is 35.0 Å². The van der Waals surface area contributed by atoms with Crippen LogP contribution >= 0.6 is 11.3 Å². The molecule has 0 aliphatic carbocycles. The number of H-pyrrole nitrogens is 1. The van der Waals surface area contributed by atoms with E-state index in [-0.39, 0.29) is 24.5 Å². The molecule has 0 radical (unpaired) electrons. The topological polar surface area (TPSA) is 65.1 Å². The Hall–Kier alpha value is -1.59. The van der Waals surface area contributed by atoms with Crippen LogP contribution in [0, 0.1) is 12.8 Å². The maximum atomic E-state index is 12.3. The van der Waals surface area contributed by atoms with E-state index in [4.69, 9.17) is 0 Å². The standard InChI is InChI=1S/C15H20N2O2S/c1-9(2)13(8-18)17-15(19)12-7-16-6-11(12)14-5-4-10(3)20-14/h4-7,9,13,16,18H,8H2,1-3H3,(H,17,19)/t13-/m1/s1. The average Bonchev–Trinajstić information content (AvgIpc) is 3.03. The molecule has 2 heterocycles. The van der Waals surface area contributed by atoms with Gasteiger partial charge in [0.1, 0.15) is 0 Å². The molecule has 20 heavy (non-hydrogen) atoms. The molecule has 0 bridgehead atoms. The van der Waals surface area contributed by atoms with Gasteiger partial charge in [-0.1, -0.05) is 13.8 Å². The molecule has 4 nitrogen and oxygen atoms in total. The number of aliphatic hydroxyl groups excluding tert-OH is 1. The molecule has 1 atom stereocenters. The van der Waals surface area contributed by atoms with E-state index < -0.39 is 0 Å². The lowest BCUT2D eigenvalue weighted by Crippen LogP contribution is -2.41. The number of amides is 1. The Morgan fingerprint density at radius 3 is 2.70 bits per heavy atom. The quantitative estimate of drug-likeness (QED) is 0.793. The third kappa shape index (κ3) is 3.11. The summed E-state index contributed by atoms with van der Waals surface area (Å²) in [6.45, 7) is 5.94. The third-order valence-electron chi connectivity index (χ3n) is 3.31. The van der Waals surface area contributed by atoms with Gasteiger partial charge in [0.25, 0.3) is 5.91 Å². The number of hydrogen-bond donors (Lipinski definition) is 3. The summed E-state index contributed by atoms with van der Waals surface area (Å²) in [6, 6.07) is 3.83. The van der Waals surface area contributed by atoms with Gasteiger partial charge in [-0.05, 0) is 25.0 Å². The number of aromatic nitrogens is 1. The normalized spacial score (nSPS) is 12.7. The van der Waals surface area contributed by atoms with Crippen molar-refractivity contribution >= 4 is 17.2 Å². The number of aryl methyl sites for hydroxylation is 1. The van der Waals surface area contributed by atoms with Crippen LogP contribution in [0.3, 0.4) is 0 Å². The molecule has 2 rings (SSSR count). The molecular formula is C15H20N2O2S. The molecule has 3 N–H and O–H groups in total. The zero-order chi connectivity index (χ0) is 14.7. The number of nitrogens with one attached hydrogen (secondary N) is 2. The lowest BCUT2D eigenvalue weighted by atomic mass is 10.0. The maximum absolute atomic E-state index is 12.3. The fourth-order valence-corrected chi connectivity index (χ4v) is 2.90. The van der Waals surface area contributed by atoms with E-state index in [1.165, 1.54) is 4.88 Å². The monoisotopic (exact) mass is 292 g/mol. The molecule has 0 spiro atoms. The number of aromatic amines is 1. The van der Waals surface area contributed by atoms with E-state index in [2.05, 4.69) is 10.3 Å². The molecule has 5 heteroatoms. The Morgan fingerprint density at radius 2 is 2.15 bits per heavy atom. The van der Waals surface area contributed by atoms with Gasteiger partial charge in [-0.2, -0.15) is 0 Å². The van der Waals surface area contributed by atoms with E-state index in [1.54, 1.807) is 17.5 Å². The Bertz CT molecular complexity index is 586. The summed E-state index contributed by atoms with van der Waals surface area (Å²) in [4.78, 5) is 17.6. The minimum atomic E-state index is -0.227. The highest BCUT2D eigenvalue weighted by molar-refractivity contribution is 7.15. The number of thiophene rings is 1.